The van der Waals surface area contributed by atoms with Gasteiger partial charge < -0.3 is 15.0 Å². The number of nitrogens with one attached hydrogen (secondary N) is 1. The number of aryl methyl sites for hydroxylation is 1. The number of carbonyl (C=O) groups excluding carboxylic acids is 1. The normalized spacial score (nSPS) is 16.0. The zero-order valence-electron chi connectivity index (χ0n) is 25.9. The summed E-state index contributed by atoms with van der Waals surface area (Å²) in [5, 5.41) is 2.94. The monoisotopic (exact) mass is 569 g/mol. The highest BCUT2D eigenvalue weighted by molar-refractivity contribution is 5.92. The number of nitrogens with two attached hydrogens (primary N) is 1. The molecule has 224 valence electrons. The van der Waals surface area contributed by atoms with Crippen LogP contribution in [0.15, 0.2) is 65.8 Å². The van der Waals surface area contributed by atoms with E-state index in [1.807, 2.05) is 6.92 Å². The topological polar surface area (TPSA) is 84.9 Å². The maximum atomic E-state index is 12.9. The zero-order chi connectivity index (χ0) is 30.2. The van der Waals surface area contributed by atoms with E-state index in [4.69, 9.17) is 10.5 Å². The molecule has 7 heteroatoms. The van der Waals surface area contributed by atoms with Crippen LogP contribution in [-0.4, -0.2) is 54.0 Å². The molecule has 1 saturated heterocycles. The second-order valence-electron chi connectivity index (χ2n) is 11.5. The molecule has 2 atom stereocenters. The molecule has 7 nitrogen and oxygen atoms in total. The second-order valence-corrected chi connectivity index (χ2v) is 11.5. The molecule has 3 N–H and O–H groups in total. The lowest BCUT2D eigenvalue weighted by Crippen LogP contribution is -2.53. The summed E-state index contributed by atoms with van der Waals surface area (Å²) in [4.78, 5) is 17.6. The quantitative estimate of drug-likeness (QED) is 0.256. The summed E-state index contributed by atoms with van der Waals surface area (Å²) in [6.45, 7) is 14.9. The Hall–Kier alpha value is -3.52. The molecule has 4 rings (SSSR count). The molecule has 0 radical (unpaired) electrons. The van der Waals surface area contributed by atoms with Gasteiger partial charge in [0.25, 0.3) is 5.91 Å². The van der Waals surface area contributed by atoms with E-state index in [1.165, 1.54) is 22.2 Å². The Morgan fingerprint density at radius 1 is 1.14 bits per heavy atom. The van der Waals surface area contributed by atoms with Gasteiger partial charge in [0.15, 0.2) is 0 Å². The summed E-state index contributed by atoms with van der Waals surface area (Å²) >= 11 is 0. The maximum Gasteiger partial charge on any atom is 0.253 e. The molecule has 3 aromatic rings. The van der Waals surface area contributed by atoms with Crippen LogP contribution in [0.1, 0.15) is 57.4 Å². The van der Waals surface area contributed by atoms with E-state index < -0.39 is 6.04 Å². The maximum absolute atomic E-state index is 12.9. The van der Waals surface area contributed by atoms with Crippen LogP contribution in [0.2, 0.25) is 0 Å². The molecule has 0 saturated carbocycles. The number of allylic oxidation sites excluding steroid dienone is 1. The summed E-state index contributed by atoms with van der Waals surface area (Å²) in [6.07, 6.45) is 8.96. The highest BCUT2D eigenvalue weighted by Gasteiger charge is 2.23. The van der Waals surface area contributed by atoms with Crippen molar-refractivity contribution < 1.29 is 9.53 Å². The third-order valence-corrected chi connectivity index (χ3v) is 7.94. The van der Waals surface area contributed by atoms with E-state index in [-0.39, 0.29) is 12.0 Å². The van der Waals surface area contributed by atoms with Gasteiger partial charge in [-0.25, -0.2) is 5.43 Å². The lowest BCUT2D eigenvalue weighted by Gasteiger charge is -2.29. The van der Waals surface area contributed by atoms with Crippen LogP contribution in [-0.2, 0) is 28.9 Å². The highest BCUT2D eigenvalue weighted by Crippen LogP contribution is 2.34. The number of nitrogens with zero attached hydrogens (tertiary/aromatic N) is 3. The largest absolute Gasteiger partial charge is 0.375 e. The Balaban J connectivity index is 1.74. The van der Waals surface area contributed by atoms with E-state index in [0.29, 0.717) is 18.9 Å². The zero-order valence-corrected chi connectivity index (χ0v) is 25.9. The molecular weight excluding hydrogens is 522 g/mol. The standard InChI is InChI=1S/C35H47N5O2/c1-7-16-37-32(25(5)42-6)23-34-29(19-24(3)4)30-22-28(14-15-33(30)39(34)8-2)27-13-11-12-26(20-27)21-31(36)35(41)40-18-10-9-17-38-40/h7,11-16,20,22-25,31,38H,1,8-10,17-19,21,36H2,2-6H3/b32-23+,37-16?. The van der Waals surface area contributed by atoms with Crippen LogP contribution in [0.4, 0.5) is 0 Å². The number of fused-ring (bicyclic) bond motifs is 1. The van der Waals surface area contributed by atoms with Crippen molar-refractivity contribution in [3.63, 3.8) is 0 Å². The Kier molecular flexibility index (Phi) is 10.9. The fourth-order valence-electron chi connectivity index (χ4n) is 5.71. The summed E-state index contributed by atoms with van der Waals surface area (Å²) in [7, 11) is 1.71. The minimum Gasteiger partial charge on any atom is -0.375 e. The van der Waals surface area contributed by atoms with Crippen LogP contribution in [0.25, 0.3) is 28.1 Å². The average Bonchev–Trinajstić information content (AvgIpc) is 3.29. The SMILES string of the molecule is C=CC=N/C(=C/c1c(CC(C)C)c2cc(-c3cccc(CC(N)C(=O)N4CCCCN4)c3)ccc2n1CC)C(C)OC. The Morgan fingerprint density at radius 2 is 1.93 bits per heavy atom. The molecule has 1 aliphatic heterocycles. The van der Waals surface area contributed by atoms with Crippen molar-refractivity contribution in [1.29, 1.82) is 0 Å². The van der Waals surface area contributed by atoms with E-state index in [0.717, 1.165) is 54.7 Å². The molecule has 0 bridgehead atoms. The van der Waals surface area contributed by atoms with Crippen molar-refractivity contribution in [1.82, 2.24) is 15.0 Å². The number of hydrazine groups is 1. The molecule has 1 amide bonds. The van der Waals surface area contributed by atoms with Gasteiger partial charge in [-0.2, -0.15) is 0 Å². The van der Waals surface area contributed by atoms with E-state index >= 15 is 0 Å². The van der Waals surface area contributed by atoms with Crippen molar-refractivity contribution in [2.75, 3.05) is 20.2 Å². The third kappa shape index (κ3) is 7.27. The first-order valence-corrected chi connectivity index (χ1v) is 15.2. The minimum absolute atomic E-state index is 0.0408. The van der Waals surface area contributed by atoms with Gasteiger partial charge in [-0.05, 0) is 85.9 Å². The number of aromatic nitrogens is 1. The lowest BCUT2D eigenvalue weighted by molar-refractivity contribution is -0.136. The van der Waals surface area contributed by atoms with Crippen LogP contribution in [0.3, 0.4) is 0 Å². The van der Waals surface area contributed by atoms with Crippen molar-refractivity contribution in [2.45, 2.75) is 72.1 Å². The van der Waals surface area contributed by atoms with Crippen molar-refractivity contribution >= 4 is 29.1 Å². The first-order valence-electron chi connectivity index (χ1n) is 15.2. The molecule has 0 aliphatic carbocycles. The average molecular weight is 570 g/mol. The van der Waals surface area contributed by atoms with Crippen LogP contribution in [0, 0.1) is 5.92 Å². The number of hydrogen-bond acceptors (Lipinski definition) is 5. The summed E-state index contributed by atoms with van der Waals surface area (Å²) in [5.41, 5.74) is 17.4. The van der Waals surface area contributed by atoms with Crippen LogP contribution >= 0.6 is 0 Å². The first-order chi connectivity index (χ1) is 20.3. The van der Waals surface area contributed by atoms with Gasteiger partial charge in [-0.15, -0.1) is 0 Å². The van der Waals surface area contributed by atoms with Gasteiger partial charge >= 0.3 is 0 Å². The molecule has 1 aromatic heterocycles. The molecule has 2 heterocycles. The Labute approximate surface area is 251 Å². The van der Waals surface area contributed by atoms with Gasteiger partial charge in [0.05, 0.1) is 17.8 Å². The Bertz CT molecular complexity index is 1450. The fourth-order valence-corrected chi connectivity index (χ4v) is 5.71. The van der Waals surface area contributed by atoms with Gasteiger partial charge in [-0.3, -0.25) is 14.8 Å². The van der Waals surface area contributed by atoms with Crippen molar-refractivity contribution in [3.8, 4) is 11.1 Å². The van der Waals surface area contributed by atoms with Crippen molar-refractivity contribution in [3.05, 3.63) is 77.6 Å². The smallest absolute Gasteiger partial charge is 0.253 e. The molecule has 0 spiro atoms. The second kappa shape index (κ2) is 14.6. The van der Waals surface area contributed by atoms with E-state index in [2.05, 4.69) is 90.9 Å². The predicted molar refractivity (Wildman–Crippen MR) is 175 cm³/mol. The summed E-state index contributed by atoms with van der Waals surface area (Å²) in [5.74, 6) is 0.439. The third-order valence-electron chi connectivity index (χ3n) is 7.94. The molecular formula is C35H47N5O2. The first kappa shape index (κ1) is 31.4. The van der Waals surface area contributed by atoms with Crippen LogP contribution in [0.5, 0.6) is 0 Å². The minimum atomic E-state index is -0.577. The number of benzene rings is 2. The number of hydrogen-bond donors (Lipinski definition) is 2. The summed E-state index contributed by atoms with van der Waals surface area (Å²) in [6, 6.07) is 14.6. The number of carbonyl (C=O) groups is 1. The molecule has 2 aromatic carbocycles. The van der Waals surface area contributed by atoms with Gasteiger partial charge in [0, 0.05) is 49.6 Å². The van der Waals surface area contributed by atoms with E-state index in [9.17, 15) is 4.79 Å². The van der Waals surface area contributed by atoms with Gasteiger partial charge in [0.1, 0.15) is 0 Å². The Morgan fingerprint density at radius 3 is 2.60 bits per heavy atom. The highest BCUT2D eigenvalue weighted by atomic mass is 16.5. The van der Waals surface area contributed by atoms with E-state index in [1.54, 1.807) is 24.4 Å². The van der Waals surface area contributed by atoms with Crippen LogP contribution < -0.4 is 11.2 Å². The predicted octanol–water partition coefficient (Wildman–Crippen LogP) is 6.16. The number of methoxy groups -OCH3 is 1. The fraction of sp³-hybridized carbons (Fsp3) is 0.429. The lowest BCUT2D eigenvalue weighted by atomic mass is 9.95. The van der Waals surface area contributed by atoms with Crippen molar-refractivity contribution in [2.24, 2.45) is 16.6 Å². The number of rotatable bonds is 12. The van der Waals surface area contributed by atoms with Gasteiger partial charge in [-0.1, -0.05) is 56.8 Å². The number of amides is 1. The number of aliphatic imine (C=N–C) groups is 1. The molecule has 42 heavy (non-hydrogen) atoms. The number of ether oxygens (including phenoxy) is 1. The summed E-state index contributed by atoms with van der Waals surface area (Å²) < 4.78 is 8.03. The molecule has 1 aliphatic rings. The molecule has 2 unspecified atom stereocenters. The molecule has 1 fully saturated rings. The van der Waals surface area contributed by atoms with Gasteiger partial charge in [0.2, 0.25) is 0 Å².